The average Bonchev–Trinajstić information content (AvgIpc) is 2.30. The van der Waals surface area contributed by atoms with Crippen molar-refractivity contribution in [1.29, 1.82) is 0 Å². The van der Waals surface area contributed by atoms with Crippen molar-refractivity contribution in [2.45, 2.75) is 12.8 Å². The van der Waals surface area contributed by atoms with Gasteiger partial charge >= 0.3 is 0 Å². The Morgan fingerprint density at radius 1 is 0.867 bits per heavy atom. The molecule has 2 rings (SSSR count). The van der Waals surface area contributed by atoms with Crippen molar-refractivity contribution in [2.75, 3.05) is 0 Å². The molecule has 2 nitrogen and oxygen atoms in total. The first-order valence-electron chi connectivity index (χ1n) is 4.86. The highest BCUT2D eigenvalue weighted by molar-refractivity contribution is 6.29. The van der Waals surface area contributed by atoms with Crippen LogP contribution in [0.4, 0.5) is 0 Å². The van der Waals surface area contributed by atoms with Gasteiger partial charge in [0.05, 0.1) is 5.69 Å². The zero-order valence-corrected chi connectivity index (χ0v) is 8.98. The molecule has 0 amide bonds. The number of hydrogen-bond acceptors (Lipinski definition) is 2. The van der Waals surface area contributed by atoms with E-state index >= 15 is 0 Å². The lowest BCUT2D eigenvalue weighted by Gasteiger charge is -2.00. The van der Waals surface area contributed by atoms with Gasteiger partial charge in [0.25, 0.3) is 0 Å². The van der Waals surface area contributed by atoms with Gasteiger partial charge in [0.15, 0.2) is 5.15 Å². The molecule has 0 N–H and O–H groups in total. The topological polar surface area (TPSA) is 25.8 Å². The van der Waals surface area contributed by atoms with Crippen LogP contribution in [0.15, 0.2) is 42.5 Å². The molecule has 0 aliphatic carbocycles. The molecule has 0 bridgehead atoms. The second kappa shape index (κ2) is 4.89. The molecule has 0 aliphatic heterocycles. The van der Waals surface area contributed by atoms with Crippen LogP contribution in [0, 0.1) is 0 Å². The number of nitrogens with zero attached hydrogens (tertiary/aromatic N) is 2. The van der Waals surface area contributed by atoms with E-state index < -0.39 is 0 Å². The lowest BCUT2D eigenvalue weighted by Crippen LogP contribution is -1.95. The van der Waals surface area contributed by atoms with Crippen LogP contribution in [-0.4, -0.2) is 10.2 Å². The highest BCUT2D eigenvalue weighted by Gasteiger charge is 1.97. The van der Waals surface area contributed by atoms with Crippen LogP contribution in [0.25, 0.3) is 0 Å². The van der Waals surface area contributed by atoms with E-state index in [1.807, 2.05) is 24.3 Å². The molecule has 1 aromatic carbocycles. The maximum Gasteiger partial charge on any atom is 0.151 e. The van der Waals surface area contributed by atoms with Crippen LogP contribution in [0.5, 0.6) is 0 Å². The van der Waals surface area contributed by atoms with Gasteiger partial charge in [0.2, 0.25) is 0 Å². The molecule has 0 aliphatic rings. The zero-order chi connectivity index (χ0) is 10.5. The Hall–Kier alpha value is -1.41. The molecular weight excluding hydrogens is 208 g/mol. The minimum Gasteiger partial charge on any atom is -0.154 e. The van der Waals surface area contributed by atoms with Crippen LogP contribution in [0.2, 0.25) is 5.15 Å². The largest absolute Gasteiger partial charge is 0.154 e. The minimum absolute atomic E-state index is 0.443. The number of aromatic nitrogens is 2. The second-order valence-corrected chi connectivity index (χ2v) is 3.72. The zero-order valence-electron chi connectivity index (χ0n) is 8.23. The van der Waals surface area contributed by atoms with Gasteiger partial charge in [-0.1, -0.05) is 41.9 Å². The van der Waals surface area contributed by atoms with Crippen LogP contribution in [0.3, 0.4) is 0 Å². The summed E-state index contributed by atoms with van der Waals surface area (Å²) >= 11 is 5.66. The van der Waals surface area contributed by atoms with Gasteiger partial charge in [0, 0.05) is 0 Å². The lowest BCUT2D eigenvalue weighted by atomic mass is 10.1. The molecule has 3 heteroatoms. The van der Waals surface area contributed by atoms with Crippen LogP contribution in [0.1, 0.15) is 11.3 Å². The predicted molar refractivity (Wildman–Crippen MR) is 60.9 cm³/mol. The summed E-state index contributed by atoms with van der Waals surface area (Å²) in [5, 5.41) is 8.26. The molecular formula is C12H11ClN2. The van der Waals surface area contributed by atoms with E-state index in [0.717, 1.165) is 18.5 Å². The van der Waals surface area contributed by atoms with Crippen LogP contribution < -0.4 is 0 Å². The first-order chi connectivity index (χ1) is 7.34. The van der Waals surface area contributed by atoms with Crippen molar-refractivity contribution in [3.63, 3.8) is 0 Å². The SMILES string of the molecule is Clc1ccc(CCc2ccccc2)nn1. The summed E-state index contributed by atoms with van der Waals surface area (Å²) in [5.41, 5.74) is 2.29. The summed E-state index contributed by atoms with van der Waals surface area (Å²) in [5.74, 6) is 0. The third kappa shape index (κ3) is 3.03. The Kier molecular flexibility index (Phi) is 3.30. The monoisotopic (exact) mass is 218 g/mol. The van der Waals surface area contributed by atoms with E-state index in [4.69, 9.17) is 11.6 Å². The number of halogens is 1. The maximum atomic E-state index is 5.66. The maximum absolute atomic E-state index is 5.66. The fourth-order valence-corrected chi connectivity index (χ4v) is 1.49. The van der Waals surface area contributed by atoms with Crippen molar-refractivity contribution in [1.82, 2.24) is 10.2 Å². The predicted octanol–water partition coefficient (Wildman–Crippen LogP) is 2.92. The van der Waals surface area contributed by atoms with Gasteiger partial charge in [-0.25, -0.2) is 0 Å². The van der Waals surface area contributed by atoms with Gasteiger partial charge < -0.3 is 0 Å². The first kappa shape index (κ1) is 10.1. The van der Waals surface area contributed by atoms with Gasteiger partial charge in [-0.3, -0.25) is 0 Å². The van der Waals surface area contributed by atoms with Gasteiger partial charge in [-0.05, 0) is 30.5 Å². The fourth-order valence-electron chi connectivity index (χ4n) is 1.39. The smallest absolute Gasteiger partial charge is 0.151 e. The second-order valence-electron chi connectivity index (χ2n) is 3.33. The van der Waals surface area contributed by atoms with Crippen molar-refractivity contribution < 1.29 is 0 Å². The Bertz CT molecular complexity index is 411. The molecule has 0 fully saturated rings. The highest BCUT2D eigenvalue weighted by Crippen LogP contribution is 2.06. The third-order valence-corrected chi connectivity index (χ3v) is 2.40. The fraction of sp³-hybridized carbons (Fsp3) is 0.167. The average molecular weight is 219 g/mol. The molecule has 2 aromatic rings. The number of benzene rings is 1. The normalized spacial score (nSPS) is 10.2. The Labute approximate surface area is 93.9 Å². The van der Waals surface area contributed by atoms with Gasteiger partial charge in [0.1, 0.15) is 0 Å². The highest BCUT2D eigenvalue weighted by atomic mass is 35.5. The quantitative estimate of drug-likeness (QED) is 0.792. The Morgan fingerprint density at radius 3 is 2.33 bits per heavy atom. The van der Waals surface area contributed by atoms with Crippen molar-refractivity contribution in [2.24, 2.45) is 0 Å². The van der Waals surface area contributed by atoms with Gasteiger partial charge in [-0.15, -0.1) is 5.10 Å². The summed E-state index contributed by atoms with van der Waals surface area (Å²) in [6.45, 7) is 0. The molecule has 0 atom stereocenters. The summed E-state index contributed by atoms with van der Waals surface area (Å²) in [4.78, 5) is 0. The van der Waals surface area contributed by atoms with E-state index in [1.54, 1.807) is 6.07 Å². The molecule has 76 valence electrons. The number of rotatable bonds is 3. The third-order valence-electron chi connectivity index (χ3n) is 2.20. The van der Waals surface area contributed by atoms with Gasteiger partial charge in [-0.2, -0.15) is 5.10 Å². The Morgan fingerprint density at radius 2 is 1.67 bits per heavy atom. The molecule has 1 heterocycles. The molecule has 1 aromatic heterocycles. The Balaban J connectivity index is 1.96. The van der Waals surface area contributed by atoms with Crippen molar-refractivity contribution >= 4 is 11.6 Å². The minimum atomic E-state index is 0.443. The van der Waals surface area contributed by atoms with E-state index in [-0.39, 0.29) is 0 Å². The summed E-state index contributed by atoms with van der Waals surface area (Å²) in [6.07, 6.45) is 1.88. The summed E-state index contributed by atoms with van der Waals surface area (Å²) < 4.78 is 0. The van der Waals surface area contributed by atoms with E-state index in [1.165, 1.54) is 5.56 Å². The summed E-state index contributed by atoms with van der Waals surface area (Å²) in [7, 11) is 0. The number of hydrogen-bond donors (Lipinski definition) is 0. The molecule has 15 heavy (non-hydrogen) atoms. The molecule has 0 unspecified atom stereocenters. The van der Waals surface area contributed by atoms with Crippen LogP contribution in [-0.2, 0) is 12.8 Å². The first-order valence-corrected chi connectivity index (χ1v) is 5.24. The lowest BCUT2D eigenvalue weighted by molar-refractivity contribution is 0.859. The van der Waals surface area contributed by atoms with E-state index in [0.29, 0.717) is 5.15 Å². The van der Waals surface area contributed by atoms with E-state index in [2.05, 4.69) is 22.3 Å². The van der Waals surface area contributed by atoms with E-state index in [9.17, 15) is 0 Å². The molecule has 0 saturated heterocycles. The van der Waals surface area contributed by atoms with Crippen molar-refractivity contribution in [3.8, 4) is 0 Å². The van der Waals surface area contributed by atoms with Crippen LogP contribution >= 0.6 is 11.6 Å². The summed E-state index contributed by atoms with van der Waals surface area (Å²) in [6, 6.07) is 14.0. The molecule has 0 spiro atoms. The molecule has 0 radical (unpaired) electrons. The number of aryl methyl sites for hydroxylation is 2. The van der Waals surface area contributed by atoms with Crippen molar-refractivity contribution in [3.05, 3.63) is 58.9 Å². The molecule has 0 saturated carbocycles. The standard InChI is InChI=1S/C12H11ClN2/c13-12-9-8-11(14-15-12)7-6-10-4-2-1-3-5-10/h1-5,8-9H,6-7H2.